The second-order valence-corrected chi connectivity index (χ2v) is 6.97. The lowest BCUT2D eigenvalue weighted by Gasteiger charge is -2.14. The highest BCUT2D eigenvalue weighted by Gasteiger charge is 2.12. The van der Waals surface area contributed by atoms with E-state index in [1.807, 2.05) is 24.5 Å². The molecule has 3 heterocycles. The molecule has 1 aromatic carbocycles. The first-order valence-corrected chi connectivity index (χ1v) is 9.31. The first-order chi connectivity index (χ1) is 13.7. The van der Waals surface area contributed by atoms with Crippen molar-refractivity contribution in [3.8, 4) is 11.1 Å². The topological polar surface area (TPSA) is 54.5 Å². The summed E-state index contributed by atoms with van der Waals surface area (Å²) in [7, 11) is 0. The highest BCUT2D eigenvalue weighted by atomic mass is 19.1. The molecule has 0 unspecified atom stereocenters. The van der Waals surface area contributed by atoms with Gasteiger partial charge in [0.25, 0.3) is 0 Å². The van der Waals surface area contributed by atoms with Crippen molar-refractivity contribution in [1.82, 2.24) is 19.9 Å². The summed E-state index contributed by atoms with van der Waals surface area (Å²) in [6, 6.07) is 13.0. The molecule has 5 heteroatoms. The molecule has 148 valence electrons. The standard InChI is InChI=1S/C23H21FN4.CH4/c1-16(17-2-4-20(24)5-3-17)10-21-11-19(18-6-7-25-14-18)12-22(28-21)13-23-15-26-8-9-27-23;/h2-9,11-12,14-16,25H,10,13H2,1H3;1H4/t16-;/m1./s1. The number of nitrogens with one attached hydrogen (secondary N) is 1. The van der Waals surface area contributed by atoms with E-state index in [4.69, 9.17) is 4.98 Å². The Bertz CT molecular complexity index is 1030. The Morgan fingerprint density at radius 3 is 2.45 bits per heavy atom. The maximum atomic E-state index is 13.2. The van der Waals surface area contributed by atoms with Gasteiger partial charge in [0, 0.05) is 48.8 Å². The number of halogens is 1. The third-order valence-corrected chi connectivity index (χ3v) is 4.80. The lowest BCUT2D eigenvalue weighted by Crippen LogP contribution is -2.04. The zero-order valence-electron chi connectivity index (χ0n) is 15.6. The van der Waals surface area contributed by atoms with Crippen LogP contribution in [-0.2, 0) is 12.8 Å². The number of hydrogen-bond acceptors (Lipinski definition) is 3. The van der Waals surface area contributed by atoms with Gasteiger partial charge in [-0.3, -0.25) is 15.0 Å². The molecule has 0 aliphatic carbocycles. The van der Waals surface area contributed by atoms with E-state index in [9.17, 15) is 4.39 Å². The van der Waals surface area contributed by atoms with Crippen molar-refractivity contribution in [2.24, 2.45) is 0 Å². The predicted octanol–water partition coefficient (Wildman–Crippen LogP) is 5.58. The van der Waals surface area contributed by atoms with Crippen molar-refractivity contribution in [3.63, 3.8) is 0 Å². The van der Waals surface area contributed by atoms with Crippen LogP contribution in [-0.4, -0.2) is 19.9 Å². The Balaban J connectivity index is 0.00000240. The maximum Gasteiger partial charge on any atom is 0.123 e. The monoisotopic (exact) mass is 388 g/mol. The van der Waals surface area contributed by atoms with Gasteiger partial charge in [0.05, 0.1) is 5.69 Å². The van der Waals surface area contributed by atoms with Crippen LogP contribution in [0.5, 0.6) is 0 Å². The molecule has 4 aromatic rings. The number of hydrogen-bond donors (Lipinski definition) is 1. The normalized spacial score (nSPS) is 11.7. The van der Waals surface area contributed by atoms with E-state index in [-0.39, 0.29) is 19.2 Å². The minimum absolute atomic E-state index is 0. The molecule has 0 fully saturated rings. The number of aromatic nitrogens is 4. The van der Waals surface area contributed by atoms with Crippen molar-refractivity contribution in [2.75, 3.05) is 0 Å². The van der Waals surface area contributed by atoms with Gasteiger partial charge in [-0.05, 0) is 59.4 Å². The molecular formula is C24H25FN4. The second-order valence-electron chi connectivity index (χ2n) is 6.97. The van der Waals surface area contributed by atoms with Gasteiger partial charge in [-0.2, -0.15) is 0 Å². The van der Waals surface area contributed by atoms with Crippen LogP contribution in [0.3, 0.4) is 0 Å². The molecule has 1 atom stereocenters. The minimum atomic E-state index is -0.213. The molecule has 0 bridgehead atoms. The van der Waals surface area contributed by atoms with Crippen molar-refractivity contribution in [2.45, 2.75) is 33.1 Å². The second kappa shape index (κ2) is 9.24. The van der Waals surface area contributed by atoms with Crippen LogP contribution in [0.2, 0.25) is 0 Å². The Labute approximate surface area is 170 Å². The molecule has 0 aliphatic heterocycles. The fourth-order valence-electron chi connectivity index (χ4n) is 3.34. The van der Waals surface area contributed by atoms with Crippen molar-refractivity contribution in [3.05, 3.63) is 102 Å². The highest BCUT2D eigenvalue weighted by Crippen LogP contribution is 2.25. The summed E-state index contributed by atoms with van der Waals surface area (Å²) < 4.78 is 13.2. The summed E-state index contributed by atoms with van der Waals surface area (Å²) in [5, 5.41) is 0. The average molecular weight is 388 g/mol. The Morgan fingerprint density at radius 1 is 0.966 bits per heavy atom. The maximum absolute atomic E-state index is 13.2. The van der Waals surface area contributed by atoms with Crippen molar-refractivity contribution >= 4 is 0 Å². The van der Waals surface area contributed by atoms with Gasteiger partial charge >= 0.3 is 0 Å². The van der Waals surface area contributed by atoms with E-state index in [1.165, 1.54) is 12.1 Å². The fourth-order valence-corrected chi connectivity index (χ4v) is 3.34. The largest absolute Gasteiger partial charge is 0.367 e. The minimum Gasteiger partial charge on any atom is -0.367 e. The number of benzene rings is 1. The number of pyridine rings is 1. The van der Waals surface area contributed by atoms with Gasteiger partial charge in [0.1, 0.15) is 5.82 Å². The molecule has 3 aromatic heterocycles. The molecule has 0 saturated heterocycles. The van der Waals surface area contributed by atoms with Crippen molar-refractivity contribution < 1.29 is 4.39 Å². The van der Waals surface area contributed by atoms with Gasteiger partial charge in [0.15, 0.2) is 0 Å². The van der Waals surface area contributed by atoms with Gasteiger partial charge in [-0.15, -0.1) is 0 Å². The first-order valence-electron chi connectivity index (χ1n) is 9.31. The van der Waals surface area contributed by atoms with Crippen molar-refractivity contribution in [1.29, 1.82) is 0 Å². The smallest absolute Gasteiger partial charge is 0.123 e. The van der Waals surface area contributed by atoms with E-state index in [1.54, 1.807) is 18.6 Å². The van der Waals surface area contributed by atoms with E-state index in [0.717, 1.165) is 40.2 Å². The molecule has 0 aliphatic rings. The zero-order chi connectivity index (χ0) is 19.3. The van der Waals surface area contributed by atoms with Crippen LogP contribution in [0.1, 0.15) is 42.9 Å². The number of aromatic amines is 1. The lowest BCUT2D eigenvalue weighted by molar-refractivity contribution is 0.625. The molecule has 29 heavy (non-hydrogen) atoms. The first kappa shape index (κ1) is 20.4. The van der Waals surface area contributed by atoms with Crippen LogP contribution in [0.25, 0.3) is 11.1 Å². The van der Waals surface area contributed by atoms with E-state index in [0.29, 0.717) is 6.42 Å². The molecule has 0 amide bonds. The molecule has 0 saturated carbocycles. The third-order valence-electron chi connectivity index (χ3n) is 4.80. The lowest BCUT2D eigenvalue weighted by atomic mass is 9.94. The zero-order valence-corrected chi connectivity index (χ0v) is 15.6. The summed E-state index contributed by atoms with van der Waals surface area (Å²) in [6.07, 6.45) is 10.4. The molecule has 0 spiro atoms. The van der Waals surface area contributed by atoms with Gasteiger partial charge in [0.2, 0.25) is 0 Å². The van der Waals surface area contributed by atoms with E-state index in [2.05, 4.69) is 40.1 Å². The summed E-state index contributed by atoms with van der Waals surface area (Å²) >= 11 is 0. The molecule has 4 nitrogen and oxygen atoms in total. The van der Waals surface area contributed by atoms with Gasteiger partial charge in [-0.25, -0.2) is 4.39 Å². The SMILES string of the molecule is C.C[C@H](Cc1cc(-c2cc[nH]c2)cc(Cc2cnccn2)n1)c1ccc(F)cc1. The molecule has 4 rings (SSSR count). The summed E-state index contributed by atoms with van der Waals surface area (Å²) in [6.45, 7) is 2.14. The summed E-state index contributed by atoms with van der Waals surface area (Å²) in [5.74, 6) is 0.0220. The van der Waals surface area contributed by atoms with Crippen LogP contribution in [0, 0.1) is 5.82 Å². The molecule has 0 radical (unpaired) electrons. The Morgan fingerprint density at radius 2 is 1.76 bits per heavy atom. The highest BCUT2D eigenvalue weighted by molar-refractivity contribution is 5.63. The quantitative estimate of drug-likeness (QED) is 0.469. The average Bonchev–Trinajstić information content (AvgIpc) is 3.24. The van der Waals surface area contributed by atoms with Crippen LogP contribution >= 0.6 is 0 Å². The molecular weight excluding hydrogens is 363 g/mol. The third kappa shape index (κ3) is 5.13. The van der Waals surface area contributed by atoms with Crippen LogP contribution < -0.4 is 0 Å². The fraction of sp³-hybridized carbons (Fsp3) is 0.208. The summed E-state index contributed by atoms with van der Waals surface area (Å²) in [5.41, 5.74) is 6.20. The number of nitrogens with zero attached hydrogens (tertiary/aromatic N) is 3. The summed E-state index contributed by atoms with van der Waals surface area (Å²) in [4.78, 5) is 16.5. The van der Waals surface area contributed by atoms with E-state index >= 15 is 0 Å². The number of H-pyrrole nitrogens is 1. The van der Waals surface area contributed by atoms with Crippen LogP contribution in [0.4, 0.5) is 4.39 Å². The Hall–Kier alpha value is -3.34. The van der Waals surface area contributed by atoms with Crippen LogP contribution in [0.15, 0.2) is 73.4 Å². The number of rotatable bonds is 6. The molecule has 1 N–H and O–H groups in total. The van der Waals surface area contributed by atoms with Gasteiger partial charge < -0.3 is 4.98 Å². The van der Waals surface area contributed by atoms with E-state index < -0.39 is 0 Å². The van der Waals surface area contributed by atoms with Gasteiger partial charge in [-0.1, -0.05) is 26.5 Å². The Kier molecular flexibility index (Phi) is 6.50. The predicted molar refractivity (Wildman–Crippen MR) is 114 cm³/mol.